The zero-order valence-corrected chi connectivity index (χ0v) is 13.8. The van der Waals surface area contributed by atoms with Gasteiger partial charge < -0.3 is 10.1 Å². The minimum absolute atomic E-state index is 0.0414. The summed E-state index contributed by atoms with van der Waals surface area (Å²) in [7, 11) is 0. The summed E-state index contributed by atoms with van der Waals surface area (Å²) in [6.45, 7) is 0.0414. The number of ether oxygens (including phenoxy) is 1. The van der Waals surface area contributed by atoms with E-state index in [1.165, 1.54) is 18.2 Å². The molecule has 0 aliphatic heterocycles. The van der Waals surface area contributed by atoms with Crippen molar-refractivity contribution in [2.24, 2.45) is 0 Å². The number of esters is 1. The molecule has 0 saturated carbocycles. The SMILES string of the molecule is O=C(Nc1cccc(C(=O)OCc2ccccc2)c1F)c1ccccc1. The monoisotopic (exact) mass is 349 g/mol. The van der Waals surface area contributed by atoms with E-state index in [1.54, 1.807) is 42.5 Å². The Balaban J connectivity index is 1.72. The molecule has 0 aliphatic rings. The normalized spacial score (nSPS) is 10.2. The molecule has 5 heteroatoms. The van der Waals surface area contributed by atoms with Crippen LogP contribution in [0.4, 0.5) is 10.1 Å². The lowest BCUT2D eigenvalue weighted by molar-refractivity contribution is 0.0467. The molecule has 0 bridgehead atoms. The minimum atomic E-state index is -0.824. The summed E-state index contributed by atoms with van der Waals surface area (Å²) in [5.41, 5.74) is 0.888. The Bertz CT molecular complexity index is 911. The van der Waals surface area contributed by atoms with Crippen LogP contribution in [0.3, 0.4) is 0 Å². The van der Waals surface area contributed by atoms with Crippen molar-refractivity contribution in [3.8, 4) is 0 Å². The fourth-order valence-electron chi connectivity index (χ4n) is 2.37. The van der Waals surface area contributed by atoms with Crippen LogP contribution in [-0.4, -0.2) is 11.9 Å². The topological polar surface area (TPSA) is 55.4 Å². The predicted octanol–water partition coefficient (Wildman–Crippen LogP) is 4.44. The van der Waals surface area contributed by atoms with Crippen LogP contribution in [0.5, 0.6) is 0 Å². The maximum absolute atomic E-state index is 14.6. The maximum Gasteiger partial charge on any atom is 0.341 e. The fraction of sp³-hybridized carbons (Fsp3) is 0.0476. The van der Waals surface area contributed by atoms with Crippen molar-refractivity contribution in [3.05, 3.63) is 101 Å². The summed E-state index contributed by atoms with van der Waals surface area (Å²) < 4.78 is 19.8. The standard InChI is InChI=1S/C21H16FNO3/c22-19-17(21(25)26-14-15-8-3-1-4-9-15)12-7-13-18(19)23-20(24)16-10-5-2-6-11-16/h1-13H,14H2,(H,23,24). The van der Waals surface area contributed by atoms with Crippen molar-refractivity contribution in [2.75, 3.05) is 5.32 Å². The lowest BCUT2D eigenvalue weighted by Crippen LogP contribution is -2.15. The smallest absolute Gasteiger partial charge is 0.341 e. The second-order valence-electron chi connectivity index (χ2n) is 5.55. The first-order valence-corrected chi connectivity index (χ1v) is 8.01. The van der Waals surface area contributed by atoms with Gasteiger partial charge in [-0.3, -0.25) is 4.79 Å². The molecular weight excluding hydrogens is 333 g/mol. The Morgan fingerprint density at radius 2 is 1.50 bits per heavy atom. The van der Waals surface area contributed by atoms with Gasteiger partial charge in [0, 0.05) is 5.56 Å². The van der Waals surface area contributed by atoms with E-state index in [0.29, 0.717) is 5.56 Å². The van der Waals surface area contributed by atoms with Gasteiger partial charge in [-0.25, -0.2) is 9.18 Å². The molecule has 0 aromatic heterocycles. The van der Waals surface area contributed by atoms with Crippen LogP contribution >= 0.6 is 0 Å². The van der Waals surface area contributed by atoms with E-state index < -0.39 is 17.7 Å². The summed E-state index contributed by atoms with van der Waals surface area (Å²) >= 11 is 0. The number of hydrogen-bond donors (Lipinski definition) is 1. The van der Waals surface area contributed by atoms with Crippen molar-refractivity contribution in [3.63, 3.8) is 0 Å². The molecule has 0 radical (unpaired) electrons. The Labute approximate surface area is 150 Å². The molecule has 130 valence electrons. The number of amides is 1. The first kappa shape index (κ1) is 17.4. The third kappa shape index (κ3) is 4.13. The van der Waals surface area contributed by atoms with Crippen molar-refractivity contribution < 1.29 is 18.7 Å². The molecule has 0 fully saturated rings. The number of halogens is 1. The molecule has 1 N–H and O–H groups in total. The van der Waals surface area contributed by atoms with Gasteiger partial charge >= 0.3 is 5.97 Å². The zero-order valence-electron chi connectivity index (χ0n) is 13.8. The van der Waals surface area contributed by atoms with Crippen molar-refractivity contribution >= 4 is 17.6 Å². The van der Waals surface area contributed by atoms with Crippen LogP contribution < -0.4 is 5.32 Å². The molecule has 0 saturated heterocycles. The van der Waals surface area contributed by atoms with Crippen LogP contribution in [0, 0.1) is 5.82 Å². The van der Waals surface area contributed by atoms with E-state index in [4.69, 9.17) is 4.74 Å². The van der Waals surface area contributed by atoms with Gasteiger partial charge in [0.25, 0.3) is 5.91 Å². The van der Waals surface area contributed by atoms with Crippen molar-refractivity contribution in [1.29, 1.82) is 0 Å². The number of rotatable bonds is 5. The van der Waals surface area contributed by atoms with Crippen LogP contribution in [0.2, 0.25) is 0 Å². The first-order chi connectivity index (χ1) is 12.6. The van der Waals surface area contributed by atoms with Crippen molar-refractivity contribution in [1.82, 2.24) is 0 Å². The van der Waals surface area contributed by atoms with Crippen LogP contribution in [0.15, 0.2) is 78.9 Å². The quantitative estimate of drug-likeness (QED) is 0.693. The summed E-state index contributed by atoms with van der Waals surface area (Å²) in [5.74, 6) is -2.07. The summed E-state index contributed by atoms with van der Waals surface area (Å²) in [6.07, 6.45) is 0. The highest BCUT2D eigenvalue weighted by Gasteiger charge is 2.18. The number of nitrogens with one attached hydrogen (secondary N) is 1. The van der Waals surface area contributed by atoms with Gasteiger partial charge in [-0.1, -0.05) is 54.6 Å². The third-order valence-electron chi connectivity index (χ3n) is 3.72. The second kappa shape index (κ2) is 8.07. The summed E-state index contributed by atoms with van der Waals surface area (Å²) in [5, 5.41) is 2.47. The predicted molar refractivity (Wildman–Crippen MR) is 96.4 cm³/mol. The van der Waals surface area contributed by atoms with Gasteiger partial charge in [0.1, 0.15) is 6.61 Å². The average Bonchev–Trinajstić information content (AvgIpc) is 2.69. The molecule has 1 amide bonds. The van der Waals surface area contributed by atoms with Gasteiger partial charge in [-0.15, -0.1) is 0 Å². The molecule has 26 heavy (non-hydrogen) atoms. The summed E-state index contributed by atoms with van der Waals surface area (Å²) in [4.78, 5) is 24.3. The Kier molecular flexibility index (Phi) is 5.39. The van der Waals surface area contributed by atoms with Crippen LogP contribution in [-0.2, 0) is 11.3 Å². The molecule has 0 unspecified atom stereocenters. The first-order valence-electron chi connectivity index (χ1n) is 8.01. The number of anilines is 1. The maximum atomic E-state index is 14.6. The van der Waals surface area contributed by atoms with Gasteiger partial charge in [-0.05, 0) is 29.8 Å². The lowest BCUT2D eigenvalue weighted by Gasteiger charge is -2.10. The summed E-state index contributed by atoms with van der Waals surface area (Å²) in [6, 6.07) is 21.7. The number of carbonyl (C=O) groups excluding carboxylic acids is 2. The van der Waals surface area contributed by atoms with E-state index in [2.05, 4.69) is 5.32 Å². The molecule has 3 rings (SSSR count). The van der Waals surface area contributed by atoms with Crippen LogP contribution in [0.25, 0.3) is 0 Å². The highest BCUT2D eigenvalue weighted by atomic mass is 19.1. The average molecular weight is 349 g/mol. The molecule has 0 aliphatic carbocycles. The third-order valence-corrected chi connectivity index (χ3v) is 3.72. The van der Waals surface area contributed by atoms with Gasteiger partial charge in [0.15, 0.2) is 5.82 Å². The van der Waals surface area contributed by atoms with E-state index in [-0.39, 0.29) is 17.9 Å². The Hall–Kier alpha value is -3.47. The van der Waals surface area contributed by atoms with E-state index in [9.17, 15) is 14.0 Å². The number of carbonyl (C=O) groups is 2. The molecular formula is C21H16FNO3. The number of benzene rings is 3. The van der Waals surface area contributed by atoms with Gasteiger partial charge in [0.2, 0.25) is 0 Å². The molecule has 3 aromatic rings. The Morgan fingerprint density at radius 3 is 2.19 bits per heavy atom. The minimum Gasteiger partial charge on any atom is -0.457 e. The molecule has 0 heterocycles. The molecule has 0 spiro atoms. The second-order valence-corrected chi connectivity index (χ2v) is 5.55. The zero-order chi connectivity index (χ0) is 18.4. The van der Waals surface area contributed by atoms with Gasteiger partial charge in [0.05, 0.1) is 11.3 Å². The van der Waals surface area contributed by atoms with Crippen molar-refractivity contribution in [2.45, 2.75) is 6.61 Å². The highest BCUT2D eigenvalue weighted by molar-refractivity contribution is 6.05. The highest BCUT2D eigenvalue weighted by Crippen LogP contribution is 2.20. The molecule has 3 aromatic carbocycles. The van der Waals surface area contributed by atoms with E-state index in [0.717, 1.165) is 5.56 Å². The largest absolute Gasteiger partial charge is 0.457 e. The van der Waals surface area contributed by atoms with Gasteiger partial charge in [-0.2, -0.15) is 0 Å². The van der Waals surface area contributed by atoms with Crippen LogP contribution in [0.1, 0.15) is 26.3 Å². The lowest BCUT2D eigenvalue weighted by atomic mass is 10.1. The molecule has 4 nitrogen and oxygen atoms in total. The fourth-order valence-corrected chi connectivity index (χ4v) is 2.37. The number of hydrogen-bond acceptors (Lipinski definition) is 3. The Morgan fingerprint density at radius 1 is 0.846 bits per heavy atom. The van der Waals surface area contributed by atoms with E-state index >= 15 is 0 Å². The molecule has 0 atom stereocenters. The van der Waals surface area contributed by atoms with E-state index in [1.807, 2.05) is 18.2 Å².